The fourth-order valence-electron chi connectivity index (χ4n) is 5.60. The number of rotatable bonds is 14. The van der Waals surface area contributed by atoms with Crippen LogP contribution in [-0.2, 0) is 23.1 Å². The van der Waals surface area contributed by atoms with E-state index in [1.54, 1.807) is 0 Å². The van der Waals surface area contributed by atoms with E-state index in [0.29, 0.717) is 17.2 Å². The first kappa shape index (κ1) is 29.0. The molecular formula is C34H47NO2. The second-order valence-electron chi connectivity index (χ2n) is 11.5. The third kappa shape index (κ3) is 8.46. The van der Waals surface area contributed by atoms with Crippen LogP contribution in [-0.4, -0.2) is 5.97 Å². The maximum absolute atomic E-state index is 13.7. The van der Waals surface area contributed by atoms with Crippen molar-refractivity contribution < 1.29 is 9.53 Å². The topological polar surface area (TPSA) is 50.1 Å². The number of unbranched alkanes of at least 4 members (excludes halogenated alkanes) is 6. The highest BCUT2D eigenvalue weighted by atomic mass is 16.5. The van der Waals surface area contributed by atoms with Crippen LogP contribution in [0.25, 0.3) is 0 Å². The maximum Gasteiger partial charge on any atom is 0.321 e. The van der Waals surface area contributed by atoms with Gasteiger partial charge in [0.05, 0.1) is 11.0 Å². The van der Waals surface area contributed by atoms with Crippen LogP contribution in [0.1, 0.15) is 126 Å². The lowest BCUT2D eigenvalue weighted by Crippen LogP contribution is -2.41. The summed E-state index contributed by atoms with van der Waals surface area (Å²) in [4.78, 5) is 13.7. The van der Waals surface area contributed by atoms with Gasteiger partial charge in [-0.1, -0.05) is 109 Å². The van der Waals surface area contributed by atoms with E-state index in [9.17, 15) is 10.1 Å². The quantitative estimate of drug-likeness (QED) is 0.147. The van der Waals surface area contributed by atoms with Gasteiger partial charge in [-0.25, -0.2) is 0 Å². The van der Waals surface area contributed by atoms with Gasteiger partial charge in [0.25, 0.3) is 0 Å². The standard InChI is InChI=1S/C34H47NO2/c1-4-5-6-7-8-9-11-14-28-17-20-31(21-18-28)34(23-12-10-13-24-34)33(36)37-32-22-19-29(16-15-27(2)3)25-30(32)26-35/h17-22,25,27H,4-16,23-24H2,1-3H3. The molecule has 2 aromatic carbocycles. The summed E-state index contributed by atoms with van der Waals surface area (Å²) in [5.74, 6) is 0.788. The van der Waals surface area contributed by atoms with Crippen LogP contribution in [0.5, 0.6) is 5.75 Å². The van der Waals surface area contributed by atoms with Crippen LogP contribution in [0.15, 0.2) is 42.5 Å². The zero-order chi connectivity index (χ0) is 26.5. The molecule has 0 aromatic heterocycles. The summed E-state index contributed by atoms with van der Waals surface area (Å²) in [7, 11) is 0. The van der Waals surface area contributed by atoms with Crippen molar-refractivity contribution in [1.29, 1.82) is 5.26 Å². The normalized spacial score (nSPS) is 14.9. The minimum Gasteiger partial charge on any atom is -0.424 e. The van der Waals surface area contributed by atoms with Crippen LogP contribution < -0.4 is 4.74 Å². The minimum absolute atomic E-state index is 0.210. The molecule has 3 rings (SSSR count). The predicted molar refractivity (Wildman–Crippen MR) is 153 cm³/mol. The summed E-state index contributed by atoms with van der Waals surface area (Å²) in [6, 6.07) is 16.7. The van der Waals surface area contributed by atoms with Crippen molar-refractivity contribution in [1.82, 2.24) is 0 Å². The first-order valence-corrected chi connectivity index (χ1v) is 14.8. The number of hydrogen-bond acceptors (Lipinski definition) is 3. The SMILES string of the molecule is CCCCCCCCCc1ccc(C2(C(=O)Oc3ccc(CCC(C)C)cc3C#N)CCCCC2)cc1. The molecule has 37 heavy (non-hydrogen) atoms. The molecule has 3 nitrogen and oxygen atoms in total. The van der Waals surface area contributed by atoms with Gasteiger partial charge >= 0.3 is 5.97 Å². The Morgan fingerprint density at radius 1 is 0.892 bits per heavy atom. The van der Waals surface area contributed by atoms with E-state index in [1.807, 2.05) is 18.2 Å². The van der Waals surface area contributed by atoms with Crippen molar-refractivity contribution in [2.45, 2.75) is 122 Å². The number of benzene rings is 2. The molecule has 0 amide bonds. The highest BCUT2D eigenvalue weighted by Crippen LogP contribution is 2.41. The number of aryl methyl sites for hydroxylation is 2. The van der Waals surface area contributed by atoms with Gasteiger partial charge in [0.15, 0.2) is 0 Å². The number of ether oxygens (including phenoxy) is 1. The van der Waals surface area contributed by atoms with E-state index >= 15 is 0 Å². The van der Waals surface area contributed by atoms with Crippen LogP contribution in [0, 0.1) is 17.2 Å². The minimum atomic E-state index is -0.626. The molecule has 1 fully saturated rings. The number of carbonyl (C=O) groups excluding carboxylic acids is 1. The monoisotopic (exact) mass is 501 g/mol. The number of carbonyl (C=O) groups is 1. The lowest BCUT2D eigenvalue weighted by atomic mass is 9.69. The van der Waals surface area contributed by atoms with Crippen LogP contribution in [0.4, 0.5) is 0 Å². The molecule has 0 unspecified atom stereocenters. The molecule has 0 radical (unpaired) electrons. The second kappa shape index (κ2) is 15.0. The van der Waals surface area contributed by atoms with Crippen LogP contribution in [0.2, 0.25) is 0 Å². The number of hydrogen-bond donors (Lipinski definition) is 0. The van der Waals surface area contributed by atoms with Crippen molar-refractivity contribution in [3.8, 4) is 11.8 Å². The van der Waals surface area contributed by atoms with Crippen molar-refractivity contribution in [3.63, 3.8) is 0 Å². The molecule has 2 aromatic rings. The fourth-order valence-corrected chi connectivity index (χ4v) is 5.60. The molecule has 0 bridgehead atoms. The van der Waals surface area contributed by atoms with Crippen molar-refractivity contribution in [3.05, 3.63) is 64.7 Å². The summed E-state index contributed by atoms with van der Waals surface area (Å²) in [5.41, 5.74) is 3.35. The number of nitrogens with zero attached hydrogens (tertiary/aromatic N) is 1. The molecule has 0 atom stereocenters. The van der Waals surface area contributed by atoms with Crippen molar-refractivity contribution in [2.24, 2.45) is 5.92 Å². The third-order valence-corrected chi connectivity index (χ3v) is 8.05. The Labute approximate surface area is 225 Å². The summed E-state index contributed by atoms with van der Waals surface area (Å²) in [5, 5.41) is 9.76. The zero-order valence-corrected chi connectivity index (χ0v) is 23.5. The van der Waals surface area contributed by atoms with E-state index in [1.165, 1.54) is 50.5 Å². The van der Waals surface area contributed by atoms with Crippen LogP contribution in [0.3, 0.4) is 0 Å². The molecule has 1 saturated carbocycles. The molecule has 0 saturated heterocycles. The molecule has 0 spiro atoms. The lowest BCUT2D eigenvalue weighted by Gasteiger charge is -2.35. The average molecular weight is 502 g/mol. The van der Waals surface area contributed by atoms with E-state index in [-0.39, 0.29) is 5.97 Å². The molecule has 3 heteroatoms. The average Bonchev–Trinajstić information content (AvgIpc) is 2.92. The van der Waals surface area contributed by atoms with Gasteiger partial charge in [-0.05, 0) is 73.3 Å². The molecule has 0 aliphatic heterocycles. The first-order valence-electron chi connectivity index (χ1n) is 14.8. The molecule has 1 aliphatic rings. The highest BCUT2D eigenvalue weighted by Gasteiger charge is 2.43. The van der Waals surface area contributed by atoms with Gasteiger partial charge < -0.3 is 4.74 Å². The second-order valence-corrected chi connectivity index (χ2v) is 11.5. The summed E-state index contributed by atoms with van der Waals surface area (Å²) >= 11 is 0. The molecule has 0 heterocycles. The summed E-state index contributed by atoms with van der Waals surface area (Å²) < 4.78 is 6.00. The van der Waals surface area contributed by atoms with E-state index in [0.717, 1.165) is 62.5 Å². The van der Waals surface area contributed by atoms with Crippen LogP contribution >= 0.6 is 0 Å². The molecule has 1 aliphatic carbocycles. The maximum atomic E-state index is 13.7. The fraction of sp³-hybridized carbons (Fsp3) is 0.588. The molecule has 0 N–H and O–H groups in total. The summed E-state index contributed by atoms with van der Waals surface area (Å²) in [6.07, 6.45) is 17.1. The van der Waals surface area contributed by atoms with Gasteiger partial charge in [0, 0.05) is 0 Å². The van der Waals surface area contributed by atoms with Gasteiger partial charge in [-0.3, -0.25) is 4.79 Å². The van der Waals surface area contributed by atoms with Crippen molar-refractivity contribution in [2.75, 3.05) is 0 Å². The Morgan fingerprint density at radius 2 is 1.54 bits per heavy atom. The summed E-state index contributed by atoms with van der Waals surface area (Å²) in [6.45, 7) is 6.66. The van der Waals surface area contributed by atoms with E-state index < -0.39 is 5.41 Å². The highest BCUT2D eigenvalue weighted by molar-refractivity contribution is 5.85. The van der Waals surface area contributed by atoms with Crippen molar-refractivity contribution >= 4 is 5.97 Å². The molecular weight excluding hydrogens is 454 g/mol. The van der Waals surface area contributed by atoms with Gasteiger partial charge in [-0.2, -0.15) is 5.26 Å². The number of esters is 1. The smallest absolute Gasteiger partial charge is 0.321 e. The van der Waals surface area contributed by atoms with Gasteiger partial charge in [0.2, 0.25) is 0 Å². The van der Waals surface area contributed by atoms with Gasteiger partial charge in [0.1, 0.15) is 11.8 Å². The Hall–Kier alpha value is -2.60. The lowest BCUT2D eigenvalue weighted by molar-refractivity contribution is -0.142. The Balaban J connectivity index is 1.67. The molecule has 200 valence electrons. The zero-order valence-electron chi connectivity index (χ0n) is 23.5. The Kier molecular flexibility index (Phi) is 11.7. The Morgan fingerprint density at radius 3 is 2.19 bits per heavy atom. The largest absolute Gasteiger partial charge is 0.424 e. The van der Waals surface area contributed by atoms with Gasteiger partial charge in [-0.15, -0.1) is 0 Å². The number of nitriles is 1. The first-order chi connectivity index (χ1) is 18.0. The van der Waals surface area contributed by atoms with E-state index in [2.05, 4.69) is 51.1 Å². The van der Waals surface area contributed by atoms with E-state index in [4.69, 9.17) is 4.74 Å². The Bertz CT molecular complexity index is 1010. The third-order valence-electron chi connectivity index (χ3n) is 8.05. The predicted octanol–water partition coefficient (Wildman–Crippen LogP) is 9.25.